The number of aliphatic hydroxyl groups is 1. The first-order valence-electron chi connectivity index (χ1n) is 4.65. The minimum Gasteiger partial charge on any atom is -0.393 e. The van der Waals surface area contributed by atoms with Crippen molar-refractivity contribution in [1.82, 2.24) is 12.3 Å². The molecule has 0 saturated carbocycles. The summed E-state index contributed by atoms with van der Waals surface area (Å²) in [5, 5.41) is 8.85. The zero-order chi connectivity index (χ0) is 11.6. The van der Waals surface area contributed by atoms with E-state index in [0.29, 0.717) is 0 Å². The highest BCUT2D eigenvalue weighted by Gasteiger charge is 1.93. The molecule has 0 amide bonds. The third-order valence-corrected chi connectivity index (χ3v) is 1.48. The Morgan fingerprint density at radius 1 is 1.06 bits per heavy atom. The Morgan fingerprint density at radius 2 is 1.44 bits per heavy atom. The van der Waals surface area contributed by atoms with Crippen LogP contribution in [0.15, 0.2) is 0 Å². The van der Waals surface area contributed by atoms with Crippen LogP contribution in [0.25, 0.3) is 0 Å². The van der Waals surface area contributed by atoms with Crippen molar-refractivity contribution in [3.8, 4) is 0 Å². The van der Waals surface area contributed by atoms with Crippen LogP contribution in [0, 0.1) is 0 Å². The van der Waals surface area contributed by atoms with E-state index < -0.39 is 10.4 Å². The van der Waals surface area contributed by atoms with Gasteiger partial charge in [-0.15, -0.1) is 0 Å². The fraction of sp³-hybridized carbons (Fsp3) is 1.00. The normalized spacial score (nSPS) is 11.3. The molecule has 1 unspecified atom stereocenters. The number of hydrogen-bond donors (Lipinski definition) is 5. The zero-order valence-corrected chi connectivity index (χ0v) is 10.9. The first-order valence-corrected chi connectivity index (χ1v) is 6.05. The predicted octanol–water partition coefficient (Wildman–Crippen LogP) is 2.01. The van der Waals surface area contributed by atoms with Crippen LogP contribution < -0.4 is 12.3 Å². The molecular formula is C8H26N2O5S. The third kappa shape index (κ3) is 67.6. The van der Waals surface area contributed by atoms with Gasteiger partial charge in [0.05, 0.1) is 6.10 Å². The second-order valence-electron chi connectivity index (χ2n) is 3.15. The third-order valence-electron chi connectivity index (χ3n) is 1.48. The van der Waals surface area contributed by atoms with Gasteiger partial charge in [0.1, 0.15) is 0 Å². The molecule has 0 saturated heterocycles. The molecule has 16 heavy (non-hydrogen) atoms. The van der Waals surface area contributed by atoms with Crippen molar-refractivity contribution in [2.75, 3.05) is 0 Å². The first-order chi connectivity index (χ1) is 6.27. The summed E-state index contributed by atoms with van der Waals surface area (Å²) < 4.78 is 31.6. The van der Waals surface area contributed by atoms with Crippen molar-refractivity contribution in [2.45, 2.75) is 52.1 Å². The van der Waals surface area contributed by atoms with Gasteiger partial charge in [0.15, 0.2) is 0 Å². The predicted molar refractivity (Wildman–Crippen MR) is 64.7 cm³/mol. The molecule has 104 valence electrons. The Balaban J connectivity index is -0.0000000904. The summed E-state index contributed by atoms with van der Waals surface area (Å²) in [6, 6.07) is 0. The van der Waals surface area contributed by atoms with Crippen molar-refractivity contribution in [2.24, 2.45) is 0 Å². The molecule has 0 radical (unpaired) electrons. The van der Waals surface area contributed by atoms with Crippen LogP contribution in [0.1, 0.15) is 46.0 Å². The van der Waals surface area contributed by atoms with Gasteiger partial charge in [0.2, 0.25) is 0 Å². The molecule has 0 fully saturated rings. The second kappa shape index (κ2) is 14.8. The Morgan fingerprint density at radius 3 is 1.69 bits per heavy atom. The molecule has 0 aliphatic heterocycles. The zero-order valence-electron chi connectivity index (χ0n) is 10.1. The quantitative estimate of drug-likeness (QED) is 0.373. The Bertz CT molecular complexity index is 198. The van der Waals surface area contributed by atoms with Crippen LogP contribution in [0.5, 0.6) is 0 Å². The summed E-state index contributed by atoms with van der Waals surface area (Å²) in [5.41, 5.74) is 0. The van der Waals surface area contributed by atoms with Crippen LogP contribution in [-0.2, 0) is 10.4 Å². The molecule has 0 spiro atoms. The summed E-state index contributed by atoms with van der Waals surface area (Å²) >= 11 is 0. The van der Waals surface area contributed by atoms with Crippen LogP contribution >= 0.6 is 0 Å². The number of rotatable bonds is 5. The maximum atomic E-state index is 8.85. The highest BCUT2D eigenvalue weighted by atomic mass is 32.3. The average Bonchev–Trinajstić information content (AvgIpc) is 1.94. The average molecular weight is 262 g/mol. The molecule has 0 heterocycles. The van der Waals surface area contributed by atoms with Crippen molar-refractivity contribution in [3.05, 3.63) is 0 Å². The van der Waals surface area contributed by atoms with E-state index in [4.69, 9.17) is 22.6 Å². The molecule has 0 rings (SSSR count). The van der Waals surface area contributed by atoms with Crippen LogP contribution in [0.3, 0.4) is 0 Å². The van der Waals surface area contributed by atoms with Crippen molar-refractivity contribution >= 4 is 10.4 Å². The van der Waals surface area contributed by atoms with Gasteiger partial charge in [0, 0.05) is 0 Å². The molecule has 9 N–H and O–H groups in total. The molecule has 0 aromatic heterocycles. The number of hydrogen-bond acceptors (Lipinski definition) is 5. The molecule has 8 heteroatoms. The molecule has 0 bridgehead atoms. The lowest BCUT2D eigenvalue weighted by Gasteiger charge is -2.01. The Hall–Kier alpha value is -0.250. The minimum absolute atomic E-state index is 0. The van der Waals surface area contributed by atoms with Gasteiger partial charge < -0.3 is 17.4 Å². The first kappa shape index (κ1) is 24.8. The number of unbranched alkanes of at least 4 members (excludes halogenated alkanes) is 3. The Labute approximate surface area is 98.0 Å². The minimum atomic E-state index is -4.67. The molecule has 0 aliphatic rings. The summed E-state index contributed by atoms with van der Waals surface area (Å²) in [4.78, 5) is 0. The maximum Gasteiger partial charge on any atom is 0.394 e. The maximum absolute atomic E-state index is 8.85. The van der Waals surface area contributed by atoms with Crippen molar-refractivity contribution < 1.29 is 22.6 Å². The fourth-order valence-corrected chi connectivity index (χ4v) is 0.867. The molecule has 0 aromatic carbocycles. The van der Waals surface area contributed by atoms with Gasteiger partial charge in [-0.1, -0.05) is 32.6 Å². The largest absolute Gasteiger partial charge is 0.394 e. The summed E-state index contributed by atoms with van der Waals surface area (Å²) in [5.74, 6) is 0. The van der Waals surface area contributed by atoms with Gasteiger partial charge in [-0.3, -0.25) is 9.11 Å². The highest BCUT2D eigenvalue weighted by molar-refractivity contribution is 7.79. The molecule has 1 atom stereocenters. The highest BCUT2D eigenvalue weighted by Crippen LogP contribution is 2.04. The molecule has 0 aromatic rings. The lowest BCUT2D eigenvalue weighted by atomic mass is 10.1. The topological polar surface area (TPSA) is 165 Å². The summed E-state index contributed by atoms with van der Waals surface area (Å²) in [6.45, 7) is 4.05. The SMILES string of the molecule is CCCCCCC(C)O.N.N.O=S(=O)(O)O. The summed E-state index contributed by atoms with van der Waals surface area (Å²) in [7, 11) is -4.67. The van der Waals surface area contributed by atoms with E-state index in [1.807, 2.05) is 6.92 Å². The van der Waals surface area contributed by atoms with E-state index in [-0.39, 0.29) is 18.4 Å². The van der Waals surface area contributed by atoms with Crippen molar-refractivity contribution in [3.63, 3.8) is 0 Å². The van der Waals surface area contributed by atoms with E-state index in [9.17, 15) is 0 Å². The monoisotopic (exact) mass is 262 g/mol. The van der Waals surface area contributed by atoms with Crippen LogP contribution in [0.4, 0.5) is 0 Å². The van der Waals surface area contributed by atoms with Gasteiger partial charge in [-0.25, -0.2) is 0 Å². The van der Waals surface area contributed by atoms with Gasteiger partial charge in [-0.2, -0.15) is 8.42 Å². The lowest BCUT2D eigenvalue weighted by Crippen LogP contribution is -1.97. The summed E-state index contributed by atoms with van der Waals surface area (Å²) in [6.07, 6.45) is 5.93. The number of aliphatic hydroxyl groups excluding tert-OH is 1. The smallest absolute Gasteiger partial charge is 0.393 e. The molecular weight excluding hydrogens is 236 g/mol. The standard InChI is InChI=1S/C8H18O.2H3N.H2O4S/c1-3-4-5-6-7-8(2)9;;;1-5(2,3)4/h8-9H,3-7H2,1-2H3;2*1H3;(H2,1,2,3,4). The van der Waals surface area contributed by atoms with E-state index in [0.717, 1.165) is 6.42 Å². The fourth-order valence-electron chi connectivity index (χ4n) is 0.867. The van der Waals surface area contributed by atoms with Gasteiger partial charge >= 0.3 is 10.4 Å². The van der Waals surface area contributed by atoms with E-state index in [1.165, 1.54) is 25.7 Å². The van der Waals surface area contributed by atoms with E-state index in [1.54, 1.807) is 0 Å². The van der Waals surface area contributed by atoms with Gasteiger partial charge in [0.25, 0.3) is 0 Å². The van der Waals surface area contributed by atoms with Gasteiger partial charge in [-0.05, 0) is 13.3 Å². The van der Waals surface area contributed by atoms with E-state index in [2.05, 4.69) is 6.92 Å². The molecule has 7 nitrogen and oxygen atoms in total. The van der Waals surface area contributed by atoms with E-state index >= 15 is 0 Å². The molecule has 0 aliphatic carbocycles. The second-order valence-corrected chi connectivity index (χ2v) is 4.04. The van der Waals surface area contributed by atoms with Crippen LogP contribution in [-0.4, -0.2) is 28.7 Å². The van der Waals surface area contributed by atoms with Crippen LogP contribution in [0.2, 0.25) is 0 Å². The van der Waals surface area contributed by atoms with Crippen molar-refractivity contribution in [1.29, 1.82) is 0 Å². The lowest BCUT2D eigenvalue weighted by molar-refractivity contribution is 0.180. The Kier molecular flexibility index (Phi) is 22.9.